The van der Waals surface area contributed by atoms with E-state index in [1.165, 1.54) is 4.31 Å². The predicted octanol–water partition coefficient (Wildman–Crippen LogP) is 0.651. The molecule has 1 N–H and O–H groups in total. The number of rotatable bonds is 7. The monoisotopic (exact) mass is 340 g/mol. The topological polar surface area (TPSA) is 83.6 Å². The van der Waals surface area contributed by atoms with Crippen molar-refractivity contribution in [3.8, 4) is 0 Å². The van der Waals surface area contributed by atoms with Crippen molar-refractivity contribution in [2.24, 2.45) is 0 Å². The summed E-state index contributed by atoms with van der Waals surface area (Å²) in [6.45, 7) is 0.259. The molecule has 0 saturated heterocycles. The summed E-state index contributed by atoms with van der Waals surface area (Å²) in [6, 6.07) is 6.80. The van der Waals surface area contributed by atoms with E-state index in [0.717, 1.165) is 18.1 Å². The lowest BCUT2D eigenvalue weighted by Crippen LogP contribution is -2.37. The maximum absolute atomic E-state index is 11.7. The summed E-state index contributed by atoms with van der Waals surface area (Å²) in [5.74, 6) is 0. The second kappa shape index (κ2) is 6.86. The maximum atomic E-state index is 11.7. The average molecular weight is 341 g/mol. The van der Waals surface area contributed by atoms with E-state index in [9.17, 15) is 16.8 Å². The van der Waals surface area contributed by atoms with Gasteiger partial charge in [-0.05, 0) is 17.7 Å². The third-order valence-corrected chi connectivity index (χ3v) is 4.70. The molecule has 0 aliphatic rings. The lowest BCUT2D eigenvalue weighted by Gasteiger charge is -2.20. The average Bonchev–Trinajstić information content (AvgIpc) is 2.27. The molecule has 0 unspecified atom stereocenters. The number of nitrogens with one attached hydrogen (secondary N) is 1. The second-order valence-electron chi connectivity index (χ2n) is 4.39. The first-order chi connectivity index (χ1) is 9.08. The summed E-state index contributed by atoms with van der Waals surface area (Å²) in [4.78, 5) is 0. The zero-order valence-corrected chi connectivity index (χ0v) is 13.6. The normalized spacial score (nSPS) is 12.8. The van der Waals surface area contributed by atoms with Crippen LogP contribution in [0.2, 0.25) is 5.02 Å². The molecule has 1 rings (SSSR count). The fourth-order valence-electron chi connectivity index (χ4n) is 1.51. The van der Waals surface area contributed by atoms with Gasteiger partial charge in [-0.15, -0.1) is 0 Å². The summed E-state index contributed by atoms with van der Waals surface area (Å²) < 4.78 is 48.8. The van der Waals surface area contributed by atoms with Gasteiger partial charge in [0.15, 0.2) is 0 Å². The second-order valence-corrected chi connectivity index (χ2v) is 8.64. The van der Waals surface area contributed by atoms with E-state index in [2.05, 4.69) is 4.72 Å². The van der Waals surface area contributed by atoms with Crippen molar-refractivity contribution in [2.45, 2.75) is 6.54 Å². The molecular weight excluding hydrogens is 324 g/mol. The highest BCUT2D eigenvalue weighted by Crippen LogP contribution is 2.12. The molecule has 6 nitrogen and oxygen atoms in total. The Morgan fingerprint density at radius 1 is 1.10 bits per heavy atom. The molecule has 20 heavy (non-hydrogen) atoms. The van der Waals surface area contributed by atoms with Gasteiger partial charge >= 0.3 is 0 Å². The summed E-state index contributed by atoms with van der Waals surface area (Å²) in [7, 11) is -6.76. The Hall–Kier alpha value is -0.670. The molecule has 0 atom stereocenters. The first-order valence-corrected chi connectivity index (χ1v) is 9.84. The van der Waals surface area contributed by atoms with E-state index in [4.69, 9.17) is 11.6 Å². The van der Waals surface area contributed by atoms with E-state index < -0.39 is 20.0 Å². The van der Waals surface area contributed by atoms with Crippen LogP contribution in [0.1, 0.15) is 5.56 Å². The van der Waals surface area contributed by atoms with Crippen molar-refractivity contribution < 1.29 is 16.8 Å². The highest BCUT2D eigenvalue weighted by atomic mass is 35.5. The highest BCUT2D eigenvalue weighted by Gasteiger charge is 2.17. The lowest BCUT2D eigenvalue weighted by atomic mass is 10.2. The Morgan fingerprint density at radius 2 is 1.65 bits per heavy atom. The molecule has 0 heterocycles. The van der Waals surface area contributed by atoms with Crippen molar-refractivity contribution in [1.29, 1.82) is 0 Å². The largest absolute Gasteiger partial charge is 0.214 e. The molecule has 0 radical (unpaired) electrons. The number of hydrogen-bond acceptors (Lipinski definition) is 4. The van der Waals surface area contributed by atoms with E-state index in [0.29, 0.717) is 5.02 Å². The van der Waals surface area contributed by atoms with Crippen LogP contribution in [0.3, 0.4) is 0 Å². The summed E-state index contributed by atoms with van der Waals surface area (Å²) in [5.41, 5.74) is 0.777. The van der Waals surface area contributed by atoms with Gasteiger partial charge in [0.1, 0.15) is 0 Å². The molecule has 0 aliphatic carbocycles. The molecule has 0 aromatic heterocycles. The number of halogens is 1. The minimum absolute atomic E-state index is 0.0273. The summed E-state index contributed by atoms with van der Waals surface area (Å²) in [6.07, 6.45) is 2.11. The van der Waals surface area contributed by atoms with Crippen molar-refractivity contribution in [3.05, 3.63) is 34.9 Å². The molecule has 0 fully saturated rings. The fraction of sp³-hybridized carbons (Fsp3) is 0.455. The van der Waals surface area contributed by atoms with Crippen LogP contribution in [0.25, 0.3) is 0 Å². The SMILES string of the molecule is CS(=O)(=O)NCCN(Cc1ccc(Cl)cc1)S(C)(=O)=O. The molecule has 0 aliphatic heterocycles. The van der Waals surface area contributed by atoms with Crippen molar-refractivity contribution in [1.82, 2.24) is 9.03 Å². The number of sulfonamides is 2. The van der Waals surface area contributed by atoms with Crippen LogP contribution in [-0.2, 0) is 26.6 Å². The van der Waals surface area contributed by atoms with Crippen LogP contribution in [-0.4, -0.2) is 46.7 Å². The number of benzene rings is 1. The molecule has 0 saturated carbocycles. The standard InChI is InChI=1S/C11H17ClN2O4S2/c1-19(15,16)13-7-8-14(20(2,17)18)9-10-3-5-11(12)6-4-10/h3-6,13H,7-9H2,1-2H3. The Kier molecular flexibility index (Phi) is 5.96. The first-order valence-electron chi connectivity index (χ1n) is 5.72. The minimum atomic E-state index is -3.43. The van der Waals surface area contributed by atoms with E-state index >= 15 is 0 Å². The van der Waals surface area contributed by atoms with E-state index in [1.54, 1.807) is 24.3 Å². The third-order valence-electron chi connectivity index (χ3n) is 2.47. The zero-order chi connectivity index (χ0) is 15.4. The van der Waals surface area contributed by atoms with Crippen LogP contribution in [0.4, 0.5) is 0 Å². The number of hydrogen-bond donors (Lipinski definition) is 1. The highest BCUT2D eigenvalue weighted by molar-refractivity contribution is 7.88. The van der Waals surface area contributed by atoms with Gasteiger partial charge in [0.25, 0.3) is 0 Å². The van der Waals surface area contributed by atoms with Gasteiger partial charge in [-0.25, -0.2) is 21.6 Å². The van der Waals surface area contributed by atoms with Gasteiger partial charge in [0.2, 0.25) is 20.0 Å². The van der Waals surface area contributed by atoms with Crippen LogP contribution < -0.4 is 4.72 Å². The molecule has 1 aromatic carbocycles. The molecule has 0 spiro atoms. The third kappa shape index (κ3) is 6.67. The predicted molar refractivity (Wildman–Crippen MR) is 79.6 cm³/mol. The van der Waals surface area contributed by atoms with Crippen molar-refractivity contribution in [3.63, 3.8) is 0 Å². The Bertz CT molecular complexity index is 642. The van der Waals surface area contributed by atoms with Crippen molar-refractivity contribution >= 4 is 31.6 Å². The summed E-state index contributed by atoms with van der Waals surface area (Å²) >= 11 is 5.76. The van der Waals surface area contributed by atoms with Crippen LogP contribution >= 0.6 is 11.6 Å². The Morgan fingerprint density at radius 3 is 2.10 bits per heavy atom. The minimum Gasteiger partial charge on any atom is -0.214 e. The van der Waals surface area contributed by atoms with Gasteiger partial charge in [-0.2, -0.15) is 4.31 Å². The van der Waals surface area contributed by atoms with Gasteiger partial charge in [-0.1, -0.05) is 23.7 Å². The van der Waals surface area contributed by atoms with Gasteiger partial charge in [0.05, 0.1) is 12.5 Å². The van der Waals surface area contributed by atoms with Crippen molar-refractivity contribution in [2.75, 3.05) is 25.6 Å². The van der Waals surface area contributed by atoms with Crippen LogP contribution in [0, 0.1) is 0 Å². The first kappa shape index (κ1) is 17.4. The molecule has 1 aromatic rings. The summed E-state index contributed by atoms with van der Waals surface area (Å²) in [5, 5.41) is 0.568. The van der Waals surface area contributed by atoms with Crippen LogP contribution in [0.15, 0.2) is 24.3 Å². The zero-order valence-electron chi connectivity index (χ0n) is 11.2. The molecule has 0 amide bonds. The molecule has 114 valence electrons. The van der Waals surface area contributed by atoms with E-state index in [1.807, 2.05) is 0 Å². The quantitative estimate of drug-likeness (QED) is 0.790. The Balaban J connectivity index is 2.73. The number of nitrogens with zero attached hydrogens (tertiary/aromatic N) is 1. The lowest BCUT2D eigenvalue weighted by molar-refractivity contribution is 0.412. The molecular formula is C11H17ClN2O4S2. The maximum Gasteiger partial charge on any atom is 0.211 e. The molecule has 0 bridgehead atoms. The van der Waals surface area contributed by atoms with Crippen LogP contribution in [0.5, 0.6) is 0 Å². The van der Waals surface area contributed by atoms with Gasteiger partial charge in [-0.3, -0.25) is 0 Å². The molecule has 9 heteroatoms. The van der Waals surface area contributed by atoms with E-state index in [-0.39, 0.29) is 19.6 Å². The Labute approximate surface area is 124 Å². The smallest absolute Gasteiger partial charge is 0.211 e. The fourth-order valence-corrected chi connectivity index (χ4v) is 2.91. The van der Waals surface area contributed by atoms with Gasteiger partial charge in [0, 0.05) is 24.7 Å². The van der Waals surface area contributed by atoms with Gasteiger partial charge < -0.3 is 0 Å².